The molecule has 5 nitrogen and oxygen atoms in total. The molecule has 0 aliphatic carbocycles. The fraction of sp³-hybridized carbons (Fsp3) is 0.357. The number of amides is 2. The zero-order chi connectivity index (χ0) is 25.2. The number of ether oxygens (including phenoxy) is 1. The summed E-state index contributed by atoms with van der Waals surface area (Å²) in [5.74, 6) is 0.469. The molecule has 0 bridgehead atoms. The second-order valence-electron chi connectivity index (χ2n) is 9.85. The predicted molar refractivity (Wildman–Crippen MR) is 141 cm³/mol. The molecule has 1 aliphatic rings. The first-order valence-corrected chi connectivity index (χ1v) is 13.0. The maximum atomic E-state index is 13.7. The number of hydrogen-bond donors (Lipinski definition) is 0. The highest BCUT2D eigenvalue weighted by molar-refractivity contribution is 7.10. The standard InChI is InChI=1S/C28H31ClN2O3S/c1-19-8-10-22(11-9-19)34-18-24-23-13-15-35-25(23)12-14-30(24)26(32)17-31(28(2,3)4)27(33)20-6-5-7-21(29)16-20/h5-11,13,15-16,24H,12,14,17-18H2,1-4H3/t24-/m1/s1. The van der Waals surface area contributed by atoms with Crippen LogP contribution in [0.15, 0.2) is 60.0 Å². The Bertz CT molecular complexity index is 1200. The maximum absolute atomic E-state index is 13.7. The Morgan fingerprint density at radius 1 is 1.14 bits per heavy atom. The van der Waals surface area contributed by atoms with Crippen LogP contribution in [-0.2, 0) is 11.2 Å². The fourth-order valence-electron chi connectivity index (χ4n) is 4.30. The molecule has 184 valence electrons. The minimum atomic E-state index is -0.549. The highest BCUT2D eigenvalue weighted by Gasteiger charge is 2.36. The lowest BCUT2D eigenvalue weighted by atomic mass is 9.99. The van der Waals surface area contributed by atoms with E-state index >= 15 is 0 Å². The number of halogens is 1. The van der Waals surface area contributed by atoms with Crippen molar-refractivity contribution in [3.8, 4) is 5.75 Å². The Balaban J connectivity index is 1.56. The van der Waals surface area contributed by atoms with E-state index in [-0.39, 0.29) is 24.4 Å². The lowest BCUT2D eigenvalue weighted by Crippen LogP contribution is -2.53. The zero-order valence-electron chi connectivity index (χ0n) is 20.6. The molecule has 2 amide bonds. The molecule has 0 saturated heterocycles. The van der Waals surface area contributed by atoms with Gasteiger partial charge in [0.2, 0.25) is 5.91 Å². The van der Waals surface area contributed by atoms with E-state index in [2.05, 4.69) is 11.4 Å². The number of thiophene rings is 1. The number of benzene rings is 2. The van der Waals surface area contributed by atoms with Gasteiger partial charge in [0.15, 0.2) is 0 Å². The molecule has 2 aromatic carbocycles. The van der Waals surface area contributed by atoms with Crippen LogP contribution in [0.5, 0.6) is 5.75 Å². The molecule has 0 fully saturated rings. The van der Waals surface area contributed by atoms with Crippen LogP contribution in [0.3, 0.4) is 0 Å². The third-order valence-corrected chi connectivity index (χ3v) is 7.50. The van der Waals surface area contributed by atoms with Crippen molar-refractivity contribution in [2.45, 2.75) is 45.7 Å². The average Bonchev–Trinajstić information content (AvgIpc) is 3.30. The molecule has 35 heavy (non-hydrogen) atoms. The number of nitrogens with zero attached hydrogens (tertiary/aromatic N) is 2. The minimum absolute atomic E-state index is 0.0185. The van der Waals surface area contributed by atoms with E-state index in [0.29, 0.717) is 23.7 Å². The second kappa shape index (κ2) is 10.4. The summed E-state index contributed by atoms with van der Waals surface area (Å²) in [4.78, 5) is 31.9. The van der Waals surface area contributed by atoms with Crippen molar-refractivity contribution in [1.29, 1.82) is 0 Å². The van der Waals surface area contributed by atoms with E-state index in [9.17, 15) is 9.59 Å². The normalized spacial score (nSPS) is 15.5. The third kappa shape index (κ3) is 5.88. The Labute approximate surface area is 216 Å². The molecule has 0 spiro atoms. The van der Waals surface area contributed by atoms with Gasteiger partial charge in [-0.2, -0.15) is 0 Å². The molecular formula is C28H31ClN2O3S. The maximum Gasteiger partial charge on any atom is 0.254 e. The quantitative estimate of drug-likeness (QED) is 0.399. The van der Waals surface area contributed by atoms with Crippen LogP contribution < -0.4 is 4.74 Å². The van der Waals surface area contributed by atoms with Gasteiger partial charge in [-0.3, -0.25) is 9.59 Å². The fourth-order valence-corrected chi connectivity index (χ4v) is 5.42. The van der Waals surface area contributed by atoms with Crippen molar-refractivity contribution in [2.24, 2.45) is 0 Å². The van der Waals surface area contributed by atoms with Gasteiger partial charge in [0, 0.05) is 27.5 Å². The van der Waals surface area contributed by atoms with Crippen molar-refractivity contribution in [3.63, 3.8) is 0 Å². The topological polar surface area (TPSA) is 49.9 Å². The van der Waals surface area contributed by atoms with E-state index in [4.69, 9.17) is 16.3 Å². The van der Waals surface area contributed by atoms with Gasteiger partial charge >= 0.3 is 0 Å². The van der Waals surface area contributed by atoms with E-state index in [1.54, 1.807) is 40.5 Å². The molecule has 1 aromatic heterocycles. The van der Waals surface area contributed by atoms with Crippen LogP contribution in [0.25, 0.3) is 0 Å². The van der Waals surface area contributed by atoms with Crippen molar-refractivity contribution >= 4 is 34.8 Å². The predicted octanol–water partition coefficient (Wildman–Crippen LogP) is 6.16. The SMILES string of the molecule is Cc1ccc(OC[C@@H]2c3ccsc3CCN2C(=O)CN(C(=O)c2cccc(Cl)c2)C(C)(C)C)cc1. The van der Waals surface area contributed by atoms with Gasteiger partial charge in [-0.05, 0) is 81.5 Å². The van der Waals surface area contributed by atoms with E-state index < -0.39 is 5.54 Å². The van der Waals surface area contributed by atoms with Gasteiger partial charge in [0.05, 0.1) is 6.04 Å². The number of hydrogen-bond acceptors (Lipinski definition) is 4. The molecule has 3 aromatic rings. The average molecular weight is 511 g/mol. The monoisotopic (exact) mass is 510 g/mol. The van der Waals surface area contributed by atoms with E-state index in [0.717, 1.165) is 17.7 Å². The Morgan fingerprint density at radius 3 is 2.57 bits per heavy atom. The second-order valence-corrected chi connectivity index (χ2v) is 11.3. The Morgan fingerprint density at radius 2 is 1.89 bits per heavy atom. The summed E-state index contributed by atoms with van der Waals surface area (Å²) >= 11 is 7.84. The largest absolute Gasteiger partial charge is 0.491 e. The summed E-state index contributed by atoms with van der Waals surface area (Å²) in [7, 11) is 0. The molecule has 0 N–H and O–H groups in total. The summed E-state index contributed by atoms with van der Waals surface area (Å²) in [6.45, 7) is 8.79. The molecule has 0 saturated carbocycles. The number of carbonyl (C=O) groups excluding carboxylic acids is 2. The molecule has 1 atom stereocenters. The van der Waals surface area contributed by atoms with Crippen LogP contribution >= 0.6 is 22.9 Å². The van der Waals surface area contributed by atoms with Crippen molar-refractivity contribution in [1.82, 2.24) is 9.80 Å². The first-order valence-electron chi connectivity index (χ1n) is 11.8. The molecule has 0 radical (unpaired) electrons. The first kappa shape index (κ1) is 25.3. The number of carbonyl (C=O) groups is 2. The third-order valence-electron chi connectivity index (χ3n) is 6.26. The van der Waals surface area contributed by atoms with Crippen molar-refractivity contribution < 1.29 is 14.3 Å². The highest BCUT2D eigenvalue weighted by atomic mass is 35.5. The van der Waals surface area contributed by atoms with Crippen LogP contribution in [0.2, 0.25) is 5.02 Å². The van der Waals surface area contributed by atoms with Crippen molar-refractivity contribution in [3.05, 3.63) is 86.6 Å². The number of fused-ring (bicyclic) bond motifs is 1. The van der Waals surface area contributed by atoms with Crippen LogP contribution in [0, 0.1) is 6.92 Å². The van der Waals surface area contributed by atoms with Gasteiger partial charge in [-0.15, -0.1) is 11.3 Å². The summed E-state index contributed by atoms with van der Waals surface area (Å²) in [6.07, 6.45) is 0.803. The summed E-state index contributed by atoms with van der Waals surface area (Å²) in [6, 6.07) is 16.7. The van der Waals surface area contributed by atoms with E-state index in [1.807, 2.05) is 56.9 Å². The van der Waals surface area contributed by atoms with Gasteiger partial charge in [0.1, 0.15) is 18.9 Å². The summed E-state index contributed by atoms with van der Waals surface area (Å²) < 4.78 is 6.12. The first-order chi connectivity index (χ1) is 16.6. The van der Waals surface area contributed by atoms with Gasteiger partial charge < -0.3 is 14.5 Å². The Hall–Kier alpha value is -2.83. The summed E-state index contributed by atoms with van der Waals surface area (Å²) in [5.41, 5.74) is 2.22. The lowest BCUT2D eigenvalue weighted by molar-refractivity contribution is -0.136. The Kier molecular flexibility index (Phi) is 7.53. The van der Waals surface area contributed by atoms with Gasteiger partial charge in [0.25, 0.3) is 5.91 Å². The molecular weight excluding hydrogens is 480 g/mol. The van der Waals surface area contributed by atoms with E-state index in [1.165, 1.54) is 10.4 Å². The number of aryl methyl sites for hydroxylation is 1. The number of rotatable bonds is 6. The molecule has 1 aliphatic heterocycles. The molecule has 7 heteroatoms. The van der Waals surface area contributed by atoms with Crippen LogP contribution in [0.1, 0.15) is 53.2 Å². The van der Waals surface area contributed by atoms with Gasteiger partial charge in [-0.1, -0.05) is 35.4 Å². The molecule has 4 rings (SSSR count). The molecule has 2 heterocycles. The van der Waals surface area contributed by atoms with Crippen molar-refractivity contribution in [2.75, 3.05) is 19.7 Å². The lowest BCUT2D eigenvalue weighted by Gasteiger charge is -2.40. The van der Waals surface area contributed by atoms with Crippen LogP contribution in [0.4, 0.5) is 0 Å². The highest BCUT2D eigenvalue weighted by Crippen LogP contribution is 2.34. The molecule has 0 unspecified atom stereocenters. The van der Waals surface area contributed by atoms with Gasteiger partial charge in [-0.25, -0.2) is 0 Å². The minimum Gasteiger partial charge on any atom is -0.491 e. The smallest absolute Gasteiger partial charge is 0.254 e. The van der Waals surface area contributed by atoms with Crippen LogP contribution in [-0.4, -0.2) is 46.8 Å². The summed E-state index contributed by atoms with van der Waals surface area (Å²) in [5, 5.41) is 2.56. The zero-order valence-corrected chi connectivity index (χ0v) is 22.2.